The molecule has 13 heavy (non-hydrogen) atoms. The lowest BCUT2D eigenvalue weighted by atomic mass is 10.4. The first-order valence-electron chi connectivity index (χ1n) is 4.05. The van der Waals surface area contributed by atoms with E-state index in [4.69, 9.17) is 4.74 Å². The van der Waals surface area contributed by atoms with Gasteiger partial charge in [0.25, 0.3) is 0 Å². The Labute approximate surface area is 83.4 Å². The number of methoxy groups -OCH3 is 2. The van der Waals surface area contributed by atoms with Gasteiger partial charge >= 0.3 is 5.97 Å². The average Bonchev–Trinajstić information content (AvgIpc) is 2.16. The summed E-state index contributed by atoms with van der Waals surface area (Å²) in [5.74, 6) is 1.06. The predicted octanol–water partition coefficient (Wildman–Crippen LogP) is 0.127. The molecule has 0 aromatic rings. The van der Waals surface area contributed by atoms with E-state index in [2.05, 4.69) is 10.1 Å². The summed E-state index contributed by atoms with van der Waals surface area (Å²) in [7, 11) is 4.94. The minimum absolute atomic E-state index is 0.183. The Kier molecular flexibility index (Phi) is 8.18. The molecule has 0 radical (unpaired) electrons. The van der Waals surface area contributed by atoms with Crippen molar-refractivity contribution in [2.24, 2.45) is 0 Å². The molecule has 78 valence electrons. The van der Waals surface area contributed by atoms with Crippen LogP contribution in [0.4, 0.5) is 0 Å². The number of esters is 1. The Bertz CT molecular complexity index is 143. The highest BCUT2D eigenvalue weighted by Gasteiger charge is 2.07. The van der Waals surface area contributed by atoms with E-state index in [1.54, 1.807) is 18.9 Å². The van der Waals surface area contributed by atoms with Gasteiger partial charge in [0.1, 0.15) is 0 Å². The molecule has 0 aromatic carbocycles. The van der Waals surface area contributed by atoms with E-state index < -0.39 is 0 Å². The fourth-order valence-electron chi connectivity index (χ4n) is 0.759. The van der Waals surface area contributed by atoms with Crippen LogP contribution >= 0.6 is 11.8 Å². The van der Waals surface area contributed by atoms with Crippen LogP contribution in [0.3, 0.4) is 0 Å². The summed E-state index contributed by atoms with van der Waals surface area (Å²) in [4.78, 5) is 10.7. The molecule has 1 unspecified atom stereocenters. The predicted molar refractivity (Wildman–Crippen MR) is 54.1 cm³/mol. The Morgan fingerprint density at radius 2 is 2.23 bits per heavy atom. The molecule has 0 saturated carbocycles. The number of carbonyl (C=O) groups excluding carboxylic acids is 1. The number of ether oxygens (including phenoxy) is 2. The van der Waals surface area contributed by atoms with E-state index in [1.165, 1.54) is 7.11 Å². The molecule has 0 spiro atoms. The third kappa shape index (κ3) is 6.86. The van der Waals surface area contributed by atoms with Gasteiger partial charge in [-0.3, -0.25) is 4.79 Å². The topological polar surface area (TPSA) is 47.6 Å². The minimum atomic E-state index is -0.183. The van der Waals surface area contributed by atoms with E-state index in [0.717, 1.165) is 5.75 Å². The summed E-state index contributed by atoms with van der Waals surface area (Å²) < 4.78 is 9.50. The number of hydrogen-bond donors (Lipinski definition) is 1. The zero-order valence-electron chi connectivity index (χ0n) is 8.33. The number of carbonyl (C=O) groups is 1. The van der Waals surface area contributed by atoms with Gasteiger partial charge in [-0.15, -0.1) is 11.8 Å². The molecule has 4 nitrogen and oxygen atoms in total. The maximum Gasteiger partial charge on any atom is 0.315 e. The lowest BCUT2D eigenvalue weighted by Gasteiger charge is -2.13. The molecule has 0 aliphatic heterocycles. The van der Waals surface area contributed by atoms with Gasteiger partial charge in [0.15, 0.2) is 0 Å². The molecule has 0 aliphatic carbocycles. The van der Waals surface area contributed by atoms with Gasteiger partial charge < -0.3 is 14.8 Å². The average molecular weight is 207 g/mol. The van der Waals surface area contributed by atoms with Crippen molar-refractivity contribution in [2.75, 3.05) is 39.4 Å². The normalized spacial score (nSPS) is 12.5. The Morgan fingerprint density at radius 3 is 2.69 bits per heavy atom. The van der Waals surface area contributed by atoms with Gasteiger partial charge in [0.2, 0.25) is 0 Å². The van der Waals surface area contributed by atoms with Crippen LogP contribution in [0.1, 0.15) is 0 Å². The molecule has 1 N–H and O–H groups in total. The SMILES string of the molecule is CNC(COC)CSCC(=O)OC. The molecular weight excluding hydrogens is 190 g/mol. The third-order valence-corrected chi connectivity index (χ3v) is 2.62. The van der Waals surface area contributed by atoms with Crippen molar-refractivity contribution in [3.63, 3.8) is 0 Å². The molecule has 5 heteroatoms. The highest BCUT2D eigenvalue weighted by molar-refractivity contribution is 7.99. The van der Waals surface area contributed by atoms with Gasteiger partial charge in [0, 0.05) is 18.9 Å². The zero-order chi connectivity index (χ0) is 10.1. The third-order valence-electron chi connectivity index (χ3n) is 1.54. The van der Waals surface area contributed by atoms with Gasteiger partial charge in [0.05, 0.1) is 19.5 Å². The first-order chi connectivity index (χ1) is 6.24. The Balaban J connectivity index is 3.42. The smallest absolute Gasteiger partial charge is 0.315 e. The van der Waals surface area contributed by atoms with Crippen LogP contribution in [0, 0.1) is 0 Å². The lowest BCUT2D eigenvalue weighted by Crippen LogP contribution is -2.32. The van der Waals surface area contributed by atoms with Crippen molar-refractivity contribution in [3.8, 4) is 0 Å². The number of hydrogen-bond acceptors (Lipinski definition) is 5. The standard InChI is InChI=1S/C8H17NO3S/c1-9-7(4-11-2)5-13-6-8(10)12-3/h7,9H,4-6H2,1-3H3. The fraction of sp³-hybridized carbons (Fsp3) is 0.875. The summed E-state index contributed by atoms with van der Waals surface area (Å²) in [6, 6.07) is 0.291. The van der Waals surface area contributed by atoms with Gasteiger partial charge in [-0.2, -0.15) is 0 Å². The maximum atomic E-state index is 10.7. The van der Waals surface area contributed by atoms with Crippen molar-refractivity contribution in [1.29, 1.82) is 0 Å². The van der Waals surface area contributed by atoms with Crippen LogP contribution in [0.5, 0.6) is 0 Å². The fourth-order valence-corrected chi connectivity index (χ4v) is 1.71. The quantitative estimate of drug-likeness (QED) is 0.601. The van der Waals surface area contributed by atoms with Crippen LogP contribution in [-0.4, -0.2) is 51.4 Å². The minimum Gasteiger partial charge on any atom is -0.468 e. The van der Waals surface area contributed by atoms with Gasteiger partial charge in [-0.1, -0.05) is 0 Å². The summed E-state index contributed by atoms with van der Waals surface area (Å²) in [6.45, 7) is 0.657. The summed E-state index contributed by atoms with van der Waals surface area (Å²) in [5.41, 5.74) is 0. The molecule has 0 aliphatic rings. The van der Waals surface area contributed by atoms with Crippen LogP contribution < -0.4 is 5.32 Å². The van der Waals surface area contributed by atoms with Crippen LogP contribution in [0.15, 0.2) is 0 Å². The van der Waals surface area contributed by atoms with Crippen molar-refractivity contribution in [1.82, 2.24) is 5.32 Å². The van der Waals surface area contributed by atoms with E-state index in [-0.39, 0.29) is 5.97 Å². The first kappa shape index (κ1) is 12.7. The van der Waals surface area contributed by atoms with Crippen molar-refractivity contribution in [3.05, 3.63) is 0 Å². The summed E-state index contributed by atoms with van der Waals surface area (Å²) >= 11 is 1.54. The lowest BCUT2D eigenvalue weighted by molar-refractivity contribution is -0.137. The molecule has 1 atom stereocenters. The second-order valence-electron chi connectivity index (χ2n) is 2.53. The second-order valence-corrected chi connectivity index (χ2v) is 3.56. The van der Waals surface area contributed by atoms with Crippen LogP contribution in [-0.2, 0) is 14.3 Å². The highest BCUT2D eigenvalue weighted by atomic mass is 32.2. The Hall–Kier alpha value is -0.260. The molecule has 0 bridgehead atoms. The number of likely N-dealkylation sites (N-methyl/N-ethyl adjacent to an activating group) is 1. The monoisotopic (exact) mass is 207 g/mol. The van der Waals surface area contributed by atoms with Crippen LogP contribution in [0.25, 0.3) is 0 Å². The van der Waals surface area contributed by atoms with E-state index in [9.17, 15) is 4.79 Å². The summed E-state index contributed by atoms with van der Waals surface area (Å²) in [6.07, 6.45) is 0. The van der Waals surface area contributed by atoms with Crippen LogP contribution in [0.2, 0.25) is 0 Å². The molecular formula is C8H17NO3S. The van der Waals surface area contributed by atoms with E-state index in [0.29, 0.717) is 18.4 Å². The van der Waals surface area contributed by atoms with E-state index in [1.807, 2.05) is 7.05 Å². The van der Waals surface area contributed by atoms with Crippen molar-refractivity contribution in [2.45, 2.75) is 6.04 Å². The number of rotatable bonds is 7. The maximum absolute atomic E-state index is 10.7. The molecule has 0 amide bonds. The molecule has 0 heterocycles. The largest absolute Gasteiger partial charge is 0.468 e. The van der Waals surface area contributed by atoms with Crippen molar-refractivity contribution >= 4 is 17.7 Å². The number of thioether (sulfide) groups is 1. The van der Waals surface area contributed by atoms with Crippen molar-refractivity contribution < 1.29 is 14.3 Å². The zero-order valence-corrected chi connectivity index (χ0v) is 9.15. The molecule has 0 rings (SSSR count). The molecule has 0 fully saturated rings. The second kappa shape index (κ2) is 8.34. The molecule has 0 aromatic heterocycles. The molecule has 0 saturated heterocycles. The first-order valence-corrected chi connectivity index (χ1v) is 5.20. The Morgan fingerprint density at radius 1 is 1.54 bits per heavy atom. The number of nitrogens with one attached hydrogen (secondary N) is 1. The van der Waals surface area contributed by atoms with E-state index >= 15 is 0 Å². The highest BCUT2D eigenvalue weighted by Crippen LogP contribution is 2.03. The summed E-state index contributed by atoms with van der Waals surface area (Å²) in [5, 5.41) is 3.10. The van der Waals surface area contributed by atoms with Gasteiger partial charge in [-0.05, 0) is 7.05 Å². The van der Waals surface area contributed by atoms with Gasteiger partial charge in [-0.25, -0.2) is 0 Å².